The molecule has 0 amide bonds. The molecule has 3 heterocycles. The van der Waals surface area contributed by atoms with Gasteiger partial charge in [0.25, 0.3) is 0 Å². The molecule has 5 nitrogen and oxygen atoms in total. The van der Waals surface area contributed by atoms with Gasteiger partial charge in [0.2, 0.25) is 5.95 Å². The molecular weight excluding hydrogens is 288 g/mol. The third kappa shape index (κ3) is 3.84. The number of ether oxygens (including phenoxy) is 1. The molecule has 0 aromatic carbocycles. The molecule has 0 N–H and O–H groups in total. The van der Waals surface area contributed by atoms with Crippen LogP contribution in [0.1, 0.15) is 19.3 Å². The first kappa shape index (κ1) is 15.0. The predicted octanol–water partition coefficient (Wildman–Crippen LogP) is 2.07. The van der Waals surface area contributed by atoms with Crippen LogP contribution in [0, 0.1) is 5.92 Å². The molecule has 3 rings (SSSR count). The van der Waals surface area contributed by atoms with Crippen molar-refractivity contribution in [1.29, 1.82) is 0 Å². The van der Waals surface area contributed by atoms with Gasteiger partial charge in [0.1, 0.15) is 0 Å². The van der Waals surface area contributed by atoms with Gasteiger partial charge in [0, 0.05) is 39.3 Å². The Kier molecular flexibility index (Phi) is 4.93. The van der Waals surface area contributed by atoms with E-state index in [0.29, 0.717) is 11.1 Å². The molecular formula is C15H23ClN4O. The largest absolute Gasteiger partial charge is 0.381 e. The van der Waals surface area contributed by atoms with Crippen LogP contribution in [0.15, 0.2) is 12.4 Å². The Morgan fingerprint density at radius 2 is 2.00 bits per heavy atom. The molecule has 0 bridgehead atoms. The monoisotopic (exact) mass is 310 g/mol. The van der Waals surface area contributed by atoms with E-state index in [1.165, 1.54) is 13.0 Å². The lowest BCUT2D eigenvalue weighted by Crippen LogP contribution is -2.45. The van der Waals surface area contributed by atoms with Crippen LogP contribution in [-0.2, 0) is 4.74 Å². The lowest BCUT2D eigenvalue weighted by Gasteiger charge is -2.37. The molecule has 0 spiro atoms. The second-order valence-corrected chi connectivity index (χ2v) is 6.51. The smallest absolute Gasteiger partial charge is 0.225 e. The number of hydrogen-bond acceptors (Lipinski definition) is 5. The lowest BCUT2D eigenvalue weighted by molar-refractivity contribution is 0.152. The van der Waals surface area contributed by atoms with Gasteiger partial charge >= 0.3 is 0 Å². The molecule has 21 heavy (non-hydrogen) atoms. The van der Waals surface area contributed by atoms with Crippen LogP contribution in [-0.4, -0.2) is 60.8 Å². The van der Waals surface area contributed by atoms with Crippen molar-refractivity contribution in [3.8, 4) is 0 Å². The summed E-state index contributed by atoms with van der Waals surface area (Å²) in [5.74, 6) is 1.50. The van der Waals surface area contributed by atoms with E-state index in [2.05, 4.69) is 26.8 Å². The predicted molar refractivity (Wildman–Crippen MR) is 83.8 cm³/mol. The first-order valence-corrected chi connectivity index (χ1v) is 8.10. The Morgan fingerprint density at radius 1 is 1.29 bits per heavy atom. The van der Waals surface area contributed by atoms with Crippen molar-refractivity contribution >= 4 is 17.5 Å². The Bertz CT molecular complexity index is 441. The first-order valence-electron chi connectivity index (χ1n) is 7.73. The highest BCUT2D eigenvalue weighted by Gasteiger charge is 2.26. The lowest BCUT2D eigenvalue weighted by atomic mass is 10.0. The Morgan fingerprint density at radius 3 is 2.62 bits per heavy atom. The minimum Gasteiger partial charge on any atom is -0.381 e. The molecule has 1 aromatic rings. The maximum Gasteiger partial charge on any atom is 0.225 e. The van der Waals surface area contributed by atoms with Gasteiger partial charge in [-0.05, 0) is 25.2 Å². The Labute approximate surface area is 131 Å². The van der Waals surface area contributed by atoms with Crippen molar-refractivity contribution in [2.75, 3.05) is 44.8 Å². The van der Waals surface area contributed by atoms with Gasteiger partial charge in [0.15, 0.2) is 0 Å². The fourth-order valence-electron chi connectivity index (χ4n) is 3.23. The Hall–Kier alpha value is -0.910. The Balaban J connectivity index is 1.49. The molecule has 2 aliphatic heterocycles. The van der Waals surface area contributed by atoms with Gasteiger partial charge in [-0.1, -0.05) is 11.6 Å². The van der Waals surface area contributed by atoms with E-state index in [1.807, 2.05) is 0 Å². The highest BCUT2D eigenvalue weighted by atomic mass is 35.5. The minimum absolute atomic E-state index is 0.516. The molecule has 0 saturated carbocycles. The van der Waals surface area contributed by atoms with Gasteiger partial charge in [0.05, 0.1) is 24.0 Å². The van der Waals surface area contributed by atoms with Crippen molar-refractivity contribution in [2.24, 2.45) is 5.92 Å². The van der Waals surface area contributed by atoms with E-state index in [0.717, 1.165) is 51.0 Å². The zero-order chi connectivity index (χ0) is 14.7. The van der Waals surface area contributed by atoms with Crippen molar-refractivity contribution < 1.29 is 4.74 Å². The number of nitrogens with zero attached hydrogens (tertiary/aromatic N) is 4. The zero-order valence-corrected chi connectivity index (χ0v) is 13.3. The summed E-state index contributed by atoms with van der Waals surface area (Å²) in [4.78, 5) is 13.4. The van der Waals surface area contributed by atoms with Crippen LogP contribution in [0.3, 0.4) is 0 Å². The molecule has 0 aliphatic carbocycles. The number of anilines is 1. The minimum atomic E-state index is 0.516. The van der Waals surface area contributed by atoms with Gasteiger partial charge in [-0.3, -0.25) is 0 Å². The summed E-state index contributed by atoms with van der Waals surface area (Å²) >= 11 is 5.84. The third-order valence-corrected chi connectivity index (χ3v) is 4.76. The van der Waals surface area contributed by atoms with Crippen LogP contribution in [0.4, 0.5) is 5.95 Å². The summed E-state index contributed by atoms with van der Waals surface area (Å²) in [5.41, 5.74) is 0. The molecule has 6 heteroatoms. The topological polar surface area (TPSA) is 41.5 Å². The first-order chi connectivity index (χ1) is 10.2. The fourth-order valence-corrected chi connectivity index (χ4v) is 3.33. The van der Waals surface area contributed by atoms with Crippen LogP contribution < -0.4 is 4.90 Å². The summed E-state index contributed by atoms with van der Waals surface area (Å²) in [6, 6.07) is 0.516. The maximum absolute atomic E-state index is 5.84. The van der Waals surface area contributed by atoms with E-state index in [-0.39, 0.29) is 0 Å². The van der Waals surface area contributed by atoms with Crippen LogP contribution in [0.5, 0.6) is 0 Å². The fraction of sp³-hybridized carbons (Fsp3) is 0.733. The third-order valence-electron chi connectivity index (χ3n) is 4.57. The van der Waals surface area contributed by atoms with E-state index in [4.69, 9.17) is 16.3 Å². The van der Waals surface area contributed by atoms with Gasteiger partial charge < -0.3 is 14.5 Å². The standard InChI is InChI=1S/C15H23ClN4O/c1-19(15-17-8-13(16)9-18-15)14-2-5-20(6-3-14)10-12-4-7-21-11-12/h8-9,12,14H,2-7,10-11H2,1H3. The van der Waals surface area contributed by atoms with Crippen LogP contribution >= 0.6 is 11.6 Å². The average molecular weight is 311 g/mol. The zero-order valence-electron chi connectivity index (χ0n) is 12.5. The van der Waals surface area contributed by atoms with E-state index in [9.17, 15) is 0 Å². The second kappa shape index (κ2) is 6.90. The molecule has 2 aliphatic rings. The number of likely N-dealkylation sites (tertiary alicyclic amines) is 1. The number of halogens is 1. The number of rotatable bonds is 4. The van der Waals surface area contributed by atoms with E-state index in [1.54, 1.807) is 12.4 Å². The molecule has 2 saturated heterocycles. The summed E-state index contributed by atoms with van der Waals surface area (Å²) in [6.07, 6.45) is 6.87. The molecule has 1 atom stereocenters. The molecule has 1 aromatic heterocycles. The van der Waals surface area contributed by atoms with Gasteiger partial charge in [-0.2, -0.15) is 0 Å². The molecule has 2 fully saturated rings. The SMILES string of the molecule is CN(c1ncc(Cl)cn1)C1CCN(CC2CCOC2)CC1. The van der Waals surface area contributed by atoms with Crippen molar-refractivity contribution in [1.82, 2.24) is 14.9 Å². The van der Waals surface area contributed by atoms with E-state index < -0.39 is 0 Å². The molecule has 1 unspecified atom stereocenters. The van der Waals surface area contributed by atoms with Crippen LogP contribution in [0.25, 0.3) is 0 Å². The highest BCUT2D eigenvalue weighted by Crippen LogP contribution is 2.22. The summed E-state index contributed by atoms with van der Waals surface area (Å²) in [7, 11) is 2.08. The highest BCUT2D eigenvalue weighted by molar-refractivity contribution is 6.30. The summed E-state index contributed by atoms with van der Waals surface area (Å²) in [5, 5.41) is 0.584. The maximum atomic E-state index is 5.84. The molecule has 0 radical (unpaired) electrons. The quantitative estimate of drug-likeness (QED) is 0.851. The second-order valence-electron chi connectivity index (χ2n) is 6.07. The summed E-state index contributed by atoms with van der Waals surface area (Å²) in [6.45, 7) is 5.38. The number of piperidine rings is 1. The normalized spacial score (nSPS) is 24.4. The average Bonchev–Trinajstić information content (AvgIpc) is 3.01. The number of aromatic nitrogens is 2. The van der Waals surface area contributed by atoms with Crippen LogP contribution in [0.2, 0.25) is 5.02 Å². The van der Waals surface area contributed by atoms with Gasteiger partial charge in [-0.15, -0.1) is 0 Å². The number of hydrogen-bond donors (Lipinski definition) is 0. The van der Waals surface area contributed by atoms with Crippen molar-refractivity contribution in [3.05, 3.63) is 17.4 Å². The van der Waals surface area contributed by atoms with Gasteiger partial charge in [-0.25, -0.2) is 9.97 Å². The molecule has 116 valence electrons. The summed E-state index contributed by atoms with van der Waals surface area (Å²) < 4.78 is 5.46. The van der Waals surface area contributed by atoms with Crippen molar-refractivity contribution in [3.63, 3.8) is 0 Å². The van der Waals surface area contributed by atoms with Crippen molar-refractivity contribution in [2.45, 2.75) is 25.3 Å². The van der Waals surface area contributed by atoms with E-state index >= 15 is 0 Å².